The van der Waals surface area contributed by atoms with Gasteiger partial charge in [0.2, 0.25) is 0 Å². The highest BCUT2D eigenvalue weighted by molar-refractivity contribution is 5.04. The van der Waals surface area contributed by atoms with E-state index in [2.05, 4.69) is 56.0 Å². The predicted molar refractivity (Wildman–Crippen MR) is 85.6 cm³/mol. The molecule has 1 heterocycles. The Bertz CT molecular complexity index is 374. The van der Waals surface area contributed by atoms with Crippen molar-refractivity contribution in [3.63, 3.8) is 0 Å². The lowest BCUT2D eigenvalue weighted by molar-refractivity contribution is 0.167. The molecule has 0 spiro atoms. The van der Waals surface area contributed by atoms with Crippen LogP contribution in [-0.4, -0.2) is 33.1 Å². The Morgan fingerprint density at radius 2 is 1.75 bits per heavy atom. The highest BCUT2D eigenvalue weighted by Crippen LogP contribution is 2.18. The van der Waals surface area contributed by atoms with Gasteiger partial charge in [0.1, 0.15) is 0 Å². The molecule has 4 heteroatoms. The van der Waals surface area contributed by atoms with Gasteiger partial charge in [0.25, 0.3) is 0 Å². The van der Waals surface area contributed by atoms with E-state index in [4.69, 9.17) is 5.73 Å². The van der Waals surface area contributed by atoms with Gasteiger partial charge in [-0.25, -0.2) is 4.98 Å². The van der Waals surface area contributed by atoms with Crippen LogP contribution >= 0.6 is 0 Å². The van der Waals surface area contributed by atoms with Crippen molar-refractivity contribution < 1.29 is 0 Å². The SMILES string of the molecule is CC(C)CC(N)c1cncn1CCN(C(C)C)C(C)C. The molecule has 0 bridgehead atoms. The first-order valence-electron chi connectivity index (χ1n) is 7.84. The summed E-state index contributed by atoms with van der Waals surface area (Å²) in [5, 5.41) is 0. The summed E-state index contributed by atoms with van der Waals surface area (Å²) in [7, 11) is 0. The Morgan fingerprint density at radius 3 is 2.25 bits per heavy atom. The van der Waals surface area contributed by atoms with E-state index < -0.39 is 0 Å². The zero-order valence-electron chi connectivity index (χ0n) is 14.0. The number of nitrogens with two attached hydrogens (primary N) is 1. The van der Waals surface area contributed by atoms with Crippen LogP contribution in [0.25, 0.3) is 0 Å². The van der Waals surface area contributed by atoms with E-state index in [9.17, 15) is 0 Å². The quantitative estimate of drug-likeness (QED) is 0.796. The maximum Gasteiger partial charge on any atom is 0.0949 e. The van der Waals surface area contributed by atoms with Gasteiger partial charge in [0.15, 0.2) is 0 Å². The van der Waals surface area contributed by atoms with Gasteiger partial charge in [-0.1, -0.05) is 13.8 Å². The Labute approximate surface area is 124 Å². The summed E-state index contributed by atoms with van der Waals surface area (Å²) in [5.41, 5.74) is 7.45. The maximum absolute atomic E-state index is 6.29. The highest BCUT2D eigenvalue weighted by Gasteiger charge is 2.16. The van der Waals surface area contributed by atoms with E-state index in [0.29, 0.717) is 18.0 Å². The molecular weight excluding hydrogens is 248 g/mol. The van der Waals surface area contributed by atoms with Crippen LogP contribution in [0, 0.1) is 5.92 Å². The summed E-state index contributed by atoms with van der Waals surface area (Å²) in [4.78, 5) is 6.78. The Morgan fingerprint density at radius 1 is 1.15 bits per heavy atom. The average molecular weight is 280 g/mol. The second kappa shape index (κ2) is 7.79. The second-order valence-electron chi connectivity index (χ2n) is 6.67. The van der Waals surface area contributed by atoms with Crippen LogP contribution < -0.4 is 5.73 Å². The van der Waals surface area contributed by atoms with Gasteiger partial charge >= 0.3 is 0 Å². The van der Waals surface area contributed by atoms with Gasteiger partial charge < -0.3 is 10.3 Å². The molecule has 0 radical (unpaired) electrons. The third-order valence-electron chi connectivity index (χ3n) is 3.78. The Balaban J connectivity index is 2.67. The summed E-state index contributed by atoms with van der Waals surface area (Å²) in [6.07, 6.45) is 4.83. The van der Waals surface area contributed by atoms with Gasteiger partial charge in [-0.2, -0.15) is 0 Å². The van der Waals surface area contributed by atoms with Crippen molar-refractivity contribution in [2.45, 2.75) is 72.6 Å². The predicted octanol–water partition coefficient (Wildman–Crippen LogP) is 3.05. The molecule has 0 aliphatic rings. The minimum absolute atomic E-state index is 0.0871. The minimum Gasteiger partial charge on any atom is -0.332 e. The molecule has 0 saturated heterocycles. The lowest BCUT2D eigenvalue weighted by Gasteiger charge is -2.31. The largest absolute Gasteiger partial charge is 0.332 e. The van der Waals surface area contributed by atoms with E-state index in [-0.39, 0.29) is 6.04 Å². The van der Waals surface area contributed by atoms with Crippen LogP contribution in [0.3, 0.4) is 0 Å². The number of imidazole rings is 1. The lowest BCUT2D eigenvalue weighted by atomic mass is 10.0. The van der Waals surface area contributed by atoms with Crippen LogP contribution in [0.1, 0.15) is 59.7 Å². The van der Waals surface area contributed by atoms with Gasteiger partial charge in [0, 0.05) is 37.4 Å². The molecular formula is C16H32N4. The summed E-state index contributed by atoms with van der Waals surface area (Å²) < 4.78 is 2.21. The fraction of sp³-hybridized carbons (Fsp3) is 0.812. The van der Waals surface area contributed by atoms with Crippen molar-refractivity contribution >= 4 is 0 Å². The van der Waals surface area contributed by atoms with Crippen LogP contribution in [0.2, 0.25) is 0 Å². The standard InChI is InChI=1S/C16H32N4/c1-12(2)9-15(17)16-10-18-11-19(16)7-8-20(13(3)4)14(5)6/h10-15H,7-9,17H2,1-6H3. The monoisotopic (exact) mass is 280 g/mol. The van der Waals surface area contributed by atoms with E-state index in [1.807, 2.05) is 12.5 Å². The summed E-state index contributed by atoms with van der Waals surface area (Å²) in [6.45, 7) is 15.4. The second-order valence-corrected chi connectivity index (χ2v) is 6.67. The van der Waals surface area contributed by atoms with Gasteiger partial charge in [-0.05, 0) is 40.0 Å². The molecule has 1 rings (SSSR count). The highest BCUT2D eigenvalue weighted by atomic mass is 15.2. The molecule has 2 N–H and O–H groups in total. The molecule has 1 unspecified atom stereocenters. The zero-order chi connectivity index (χ0) is 15.3. The topological polar surface area (TPSA) is 47.1 Å². The van der Waals surface area contributed by atoms with Crippen molar-refractivity contribution in [2.24, 2.45) is 11.7 Å². The first kappa shape index (κ1) is 17.2. The number of hydrogen-bond donors (Lipinski definition) is 1. The Hall–Kier alpha value is -0.870. The zero-order valence-corrected chi connectivity index (χ0v) is 14.0. The fourth-order valence-electron chi connectivity index (χ4n) is 2.79. The third kappa shape index (κ3) is 4.91. The number of hydrogen-bond acceptors (Lipinski definition) is 3. The fourth-order valence-corrected chi connectivity index (χ4v) is 2.79. The van der Waals surface area contributed by atoms with Crippen molar-refractivity contribution in [1.29, 1.82) is 0 Å². The molecule has 0 saturated carbocycles. The lowest BCUT2D eigenvalue weighted by Crippen LogP contribution is -2.39. The minimum atomic E-state index is 0.0871. The molecule has 1 aromatic heterocycles. The van der Waals surface area contributed by atoms with Crippen molar-refractivity contribution in [3.8, 4) is 0 Å². The number of aromatic nitrogens is 2. The van der Waals surface area contributed by atoms with Crippen molar-refractivity contribution in [2.75, 3.05) is 6.54 Å². The molecule has 4 nitrogen and oxygen atoms in total. The molecule has 0 aliphatic heterocycles. The van der Waals surface area contributed by atoms with E-state index in [1.165, 1.54) is 0 Å². The smallest absolute Gasteiger partial charge is 0.0949 e. The molecule has 0 aliphatic carbocycles. The molecule has 1 aromatic rings. The molecule has 116 valence electrons. The van der Waals surface area contributed by atoms with Crippen molar-refractivity contribution in [3.05, 3.63) is 18.2 Å². The maximum atomic E-state index is 6.29. The summed E-state index contributed by atoms with van der Waals surface area (Å²) in [5.74, 6) is 0.608. The molecule has 1 atom stereocenters. The Kier molecular flexibility index (Phi) is 6.69. The van der Waals surface area contributed by atoms with E-state index >= 15 is 0 Å². The molecule has 0 aromatic carbocycles. The van der Waals surface area contributed by atoms with Gasteiger partial charge in [0.05, 0.1) is 12.0 Å². The van der Waals surface area contributed by atoms with Gasteiger partial charge in [-0.3, -0.25) is 4.90 Å². The first-order chi connectivity index (χ1) is 9.32. The van der Waals surface area contributed by atoms with Gasteiger partial charge in [-0.15, -0.1) is 0 Å². The van der Waals surface area contributed by atoms with Crippen LogP contribution in [0.4, 0.5) is 0 Å². The normalized spacial score (nSPS) is 13.9. The van der Waals surface area contributed by atoms with Crippen molar-refractivity contribution in [1.82, 2.24) is 14.5 Å². The van der Waals surface area contributed by atoms with Crippen LogP contribution in [0.15, 0.2) is 12.5 Å². The summed E-state index contributed by atoms with van der Waals surface area (Å²) in [6, 6.07) is 1.21. The van der Waals surface area contributed by atoms with Crippen LogP contribution in [-0.2, 0) is 6.54 Å². The van der Waals surface area contributed by atoms with Crippen LogP contribution in [0.5, 0.6) is 0 Å². The molecule has 20 heavy (non-hydrogen) atoms. The summed E-state index contributed by atoms with van der Waals surface area (Å²) >= 11 is 0. The third-order valence-corrected chi connectivity index (χ3v) is 3.78. The molecule has 0 fully saturated rings. The number of nitrogens with zero attached hydrogens (tertiary/aromatic N) is 3. The van der Waals surface area contributed by atoms with E-state index in [0.717, 1.165) is 25.2 Å². The number of rotatable bonds is 8. The van der Waals surface area contributed by atoms with E-state index in [1.54, 1.807) is 0 Å². The molecule has 0 amide bonds. The average Bonchev–Trinajstić information content (AvgIpc) is 2.75. The first-order valence-corrected chi connectivity index (χ1v) is 7.84.